The molecule has 0 bridgehead atoms. The molecule has 1 atom stereocenters. The standard InChI is InChI=1S/C2H7N3O2/c3-1(6)2(7)5-4/h2,5,7H,4H2,(H2,3,6). The molecule has 0 aliphatic carbocycles. The van der Waals surface area contributed by atoms with Gasteiger partial charge in [0.25, 0.3) is 5.91 Å². The predicted octanol–water partition coefficient (Wildman–Crippen LogP) is -2.75. The van der Waals surface area contributed by atoms with Gasteiger partial charge in [-0.15, -0.1) is 0 Å². The van der Waals surface area contributed by atoms with Crippen LogP contribution in [0, 0.1) is 0 Å². The van der Waals surface area contributed by atoms with Gasteiger partial charge in [0.15, 0.2) is 6.23 Å². The van der Waals surface area contributed by atoms with Gasteiger partial charge in [0.05, 0.1) is 0 Å². The van der Waals surface area contributed by atoms with Crippen molar-refractivity contribution in [3.63, 3.8) is 0 Å². The third-order valence-electron chi connectivity index (χ3n) is 0.427. The van der Waals surface area contributed by atoms with E-state index in [1.807, 2.05) is 0 Å². The summed E-state index contributed by atoms with van der Waals surface area (Å²) in [5.41, 5.74) is 6.26. The molecule has 0 aliphatic rings. The topological polar surface area (TPSA) is 101 Å². The Morgan fingerprint density at radius 2 is 2.29 bits per heavy atom. The second-order valence-corrected chi connectivity index (χ2v) is 0.972. The fourth-order valence-corrected chi connectivity index (χ4v) is 0.0821. The summed E-state index contributed by atoms with van der Waals surface area (Å²) in [4.78, 5) is 9.76. The Hall–Kier alpha value is -0.650. The number of amides is 1. The highest BCUT2D eigenvalue weighted by molar-refractivity contribution is 5.77. The van der Waals surface area contributed by atoms with Crippen LogP contribution in [0.1, 0.15) is 0 Å². The van der Waals surface area contributed by atoms with Crippen molar-refractivity contribution in [3.05, 3.63) is 0 Å². The zero-order valence-electron chi connectivity index (χ0n) is 3.59. The molecule has 0 heterocycles. The molecule has 0 aliphatic heterocycles. The second kappa shape index (κ2) is 2.51. The summed E-state index contributed by atoms with van der Waals surface area (Å²) < 4.78 is 0. The van der Waals surface area contributed by atoms with Gasteiger partial charge in [-0.2, -0.15) is 0 Å². The quantitative estimate of drug-likeness (QED) is 0.174. The number of nitrogens with two attached hydrogens (primary N) is 2. The summed E-state index contributed by atoms with van der Waals surface area (Å²) in [6.45, 7) is 0. The molecular weight excluding hydrogens is 98.0 g/mol. The lowest BCUT2D eigenvalue weighted by atomic mass is 10.6. The van der Waals surface area contributed by atoms with Crippen LogP contribution in [0.4, 0.5) is 0 Å². The maximum atomic E-state index is 9.76. The van der Waals surface area contributed by atoms with Gasteiger partial charge in [-0.3, -0.25) is 10.6 Å². The minimum Gasteiger partial charge on any atom is -0.369 e. The molecule has 0 saturated carbocycles. The van der Waals surface area contributed by atoms with Gasteiger partial charge in [0.2, 0.25) is 0 Å². The molecule has 6 N–H and O–H groups in total. The lowest BCUT2D eigenvalue weighted by Crippen LogP contribution is -2.44. The average Bonchev–Trinajstić information content (AvgIpc) is 1.65. The zero-order chi connectivity index (χ0) is 5.86. The first-order chi connectivity index (χ1) is 3.18. The van der Waals surface area contributed by atoms with Gasteiger partial charge in [-0.25, -0.2) is 5.43 Å². The predicted molar refractivity (Wildman–Crippen MR) is 22.5 cm³/mol. The summed E-state index contributed by atoms with van der Waals surface area (Å²) in [6, 6.07) is 0. The number of hydrogen-bond acceptors (Lipinski definition) is 4. The molecule has 1 unspecified atom stereocenters. The number of nitrogens with one attached hydrogen (secondary N) is 1. The van der Waals surface area contributed by atoms with Crippen molar-refractivity contribution in [3.8, 4) is 0 Å². The maximum absolute atomic E-state index is 9.76. The Kier molecular flexibility index (Phi) is 2.28. The van der Waals surface area contributed by atoms with E-state index in [4.69, 9.17) is 5.11 Å². The molecule has 5 heteroatoms. The fraction of sp³-hybridized carbons (Fsp3) is 0.500. The largest absolute Gasteiger partial charge is 0.369 e. The van der Waals surface area contributed by atoms with E-state index in [1.54, 1.807) is 5.43 Å². The van der Waals surface area contributed by atoms with Crippen molar-refractivity contribution < 1.29 is 9.90 Å². The molecule has 0 spiro atoms. The van der Waals surface area contributed by atoms with Crippen LogP contribution >= 0.6 is 0 Å². The number of carbonyl (C=O) groups excluding carboxylic acids is 1. The minimum atomic E-state index is -1.43. The smallest absolute Gasteiger partial charge is 0.262 e. The van der Waals surface area contributed by atoms with E-state index >= 15 is 0 Å². The zero-order valence-corrected chi connectivity index (χ0v) is 3.59. The number of aliphatic hydroxyl groups is 1. The normalized spacial score (nSPS) is 13.4. The first-order valence-corrected chi connectivity index (χ1v) is 1.62. The molecular formula is C2H7N3O2. The first-order valence-electron chi connectivity index (χ1n) is 1.62. The van der Waals surface area contributed by atoms with E-state index in [2.05, 4.69) is 11.6 Å². The van der Waals surface area contributed by atoms with Gasteiger partial charge in [0.1, 0.15) is 0 Å². The number of hydrogen-bond donors (Lipinski definition) is 4. The van der Waals surface area contributed by atoms with Crippen LogP contribution in [0.25, 0.3) is 0 Å². The van der Waals surface area contributed by atoms with E-state index in [-0.39, 0.29) is 0 Å². The minimum absolute atomic E-state index is 0.887. The summed E-state index contributed by atoms with van der Waals surface area (Å²) in [7, 11) is 0. The SMILES string of the molecule is NNC(O)C(N)=O. The van der Waals surface area contributed by atoms with Gasteiger partial charge in [-0.1, -0.05) is 0 Å². The van der Waals surface area contributed by atoms with E-state index in [0.29, 0.717) is 0 Å². The summed E-state index contributed by atoms with van der Waals surface area (Å²) >= 11 is 0. The first kappa shape index (κ1) is 6.35. The van der Waals surface area contributed by atoms with Gasteiger partial charge >= 0.3 is 0 Å². The summed E-state index contributed by atoms with van der Waals surface area (Å²) in [5, 5.41) is 8.22. The highest BCUT2D eigenvalue weighted by Crippen LogP contribution is 1.63. The lowest BCUT2D eigenvalue weighted by molar-refractivity contribution is -0.127. The van der Waals surface area contributed by atoms with Gasteiger partial charge < -0.3 is 10.8 Å². The van der Waals surface area contributed by atoms with Crippen LogP contribution in [-0.2, 0) is 4.79 Å². The highest BCUT2D eigenvalue weighted by Gasteiger charge is 2.04. The van der Waals surface area contributed by atoms with Crippen molar-refractivity contribution >= 4 is 5.91 Å². The van der Waals surface area contributed by atoms with Gasteiger partial charge in [-0.05, 0) is 0 Å². The fourth-order valence-electron chi connectivity index (χ4n) is 0.0821. The Morgan fingerprint density at radius 1 is 1.86 bits per heavy atom. The van der Waals surface area contributed by atoms with Crippen molar-refractivity contribution in [2.24, 2.45) is 11.6 Å². The Balaban J connectivity index is 3.34. The molecule has 1 amide bonds. The van der Waals surface area contributed by atoms with E-state index in [0.717, 1.165) is 0 Å². The number of primary amides is 1. The molecule has 0 aromatic carbocycles. The molecule has 5 nitrogen and oxygen atoms in total. The van der Waals surface area contributed by atoms with Crippen molar-refractivity contribution in [1.29, 1.82) is 0 Å². The molecule has 0 aromatic heterocycles. The molecule has 0 saturated heterocycles. The van der Waals surface area contributed by atoms with E-state index in [1.165, 1.54) is 0 Å². The number of aliphatic hydroxyl groups excluding tert-OH is 1. The molecule has 42 valence electrons. The second-order valence-electron chi connectivity index (χ2n) is 0.972. The average molecular weight is 105 g/mol. The number of hydrazine groups is 1. The maximum Gasteiger partial charge on any atom is 0.262 e. The number of rotatable bonds is 2. The highest BCUT2D eigenvalue weighted by atomic mass is 16.3. The summed E-state index contributed by atoms with van der Waals surface area (Å²) in [6.07, 6.45) is -1.43. The monoisotopic (exact) mass is 105 g/mol. The third-order valence-corrected chi connectivity index (χ3v) is 0.427. The summed E-state index contributed by atoms with van der Waals surface area (Å²) in [5.74, 6) is 3.69. The Morgan fingerprint density at radius 3 is 2.29 bits per heavy atom. The Labute approximate surface area is 40.3 Å². The Bertz CT molecular complexity index is 73.3. The third kappa shape index (κ3) is 2.10. The van der Waals surface area contributed by atoms with E-state index in [9.17, 15) is 4.79 Å². The molecule has 7 heavy (non-hydrogen) atoms. The van der Waals surface area contributed by atoms with Crippen LogP contribution in [0.2, 0.25) is 0 Å². The van der Waals surface area contributed by atoms with Crippen LogP contribution in [0.15, 0.2) is 0 Å². The molecule has 0 aromatic rings. The molecule has 0 radical (unpaired) electrons. The van der Waals surface area contributed by atoms with Crippen LogP contribution in [0.3, 0.4) is 0 Å². The van der Waals surface area contributed by atoms with Crippen LogP contribution in [0.5, 0.6) is 0 Å². The lowest BCUT2D eigenvalue weighted by Gasteiger charge is -1.99. The van der Waals surface area contributed by atoms with E-state index < -0.39 is 12.1 Å². The van der Waals surface area contributed by atoms with Crippen molar-refractivity contribution in [1.82, 2.24) is 5.43 Å². The van der Waals surface area contributed by atoms with Crippen molar-refractivity contribution in [2.75, 3.05) is 0 Å². The van der Waals surface area contributed by atoms with Crippen LogP contribution in [-0.4, -0.2) is 17.2 Å². The van der Waals surface area contributed by atoms with Crippen LogP contribution < -0.4 is 17.0 Å². The van der Waals surface area contributed by atoms with Crippen molar-refractivity contribution in [2.45, 2.75) is 6.23 Å². The van der Waals surface area contributed by atoms with Gasteiger partial charge in [0, 0.05) is 0 Å². The molecule has 0 rings (SSSR count). The molecule has 0 fully saturated rings. The number of carbonyl (C=O) groups is 1.